The van der Waals surface area contributed by atoms with E-state index in [2.05, 4.69) is 10.2 Å². The Hall–Kier alpha value is -2.60. The second kappa shape index (κ2) is 9.55. The van der Waals surface area contributed by atoms with Crippen LogP contribution in [0, 0.1) is 5.82 Å². The lowest BCUT2D eigenvalue weighted by atomic mass is 10.1. The third-order valence-corrected chi connectivity index (χ3v) is 5.16. The molecular formula is C22H27FN2O3. The van der Waals surface area contributed by atoms with E-state index in [0.717, 1.165) is 24.9 Å². The van der Waals surface area contributed by atoms with Gasteiger partial charge in [0.2, 0.25) is 5.91 Å². The Labute approximate surface area is 165 Å². The average molecular weight is 386 g/mol. The molecule has 0 aromatic heterocycles. The number of ether oxygens (including phenoxy) is 2. The van der Waals surface area contributed by atoms with Crippen molar-refractivity contribution < 1.29 is 18.7 Å². The van der Waals surface area contributed by atoms with E-state index in [1.807, 2.05) is 24.3 Å². The van der Waals surface area contributed by atoms with Crippen LogP contribution < -0.4 is 14.8 Å². The van der Waals surface area contributed by atoms with Gasteiger partial charge in [0.05, 0.1) is 20.3 Å². The molecule has 2 aromatic rings. The maximum absolute atomic E-state index is 13.9. The van der Waals surface area contributed by atoms with Crippen molar-refractivity contribution in [3.8, 4) is 11.5 Å². The van der Waals surface area contributed by atoms with E-state index >= 15 is 0 Å². The minimum Gasteiger partial charge on any atom is -0.493 e. The molecular weight excluding hydrogens is 359 g/mol. The van der Waals surface area contributed by atoms with E-state index in [9.17, 15) is 9.18 Å². The lowest BCUT2D eigenvalue weighted by Gasteiger charge is -2.24. The predicted octanol–water partition coefficient (Wildman–Crippen LogP) is 3.17. The second-order valence-corrected chi connectivity index (χ2v) is 6.95. The molecule has 6 heteroatoms. The highest BCUT2D eigenvalue weighted by Gasteiger charge is 2.30. The quantitative estimate of drug-likeness (QED) is 0.757. The van der Waals surface area contributed by atoms with Crippen LogP contribution >= 0.6 is 0 Å². The zero-order chi connectivity index (χ0) is 19.9. The van der Waals surface area contributed by atoms with Crippen LogP contribution in [0.15, 0.2) is 42.5 Å². The molecule has 150 valence electrons. The average Bonchev–Trinajstić information content (AvgIpc) is 3.17. The maximum atomic E-state index is 13.9. The van der Waals surface area contributed by atoms with Gasteiger partial charge in [-0.3, -0.25) is 9.69 Å². The van der Waals surface area contributed by atoms with Gasteiger partial charge in [0, 0.05) is 18.7 Å². The first-order valence-electron chi connectivity index (χ1n) is 9.58. The molecule has 1 fully saturated rings. The van der Waals surface area contributed by atoms with E-state index in [4.69, 9.17) is 9.47 Å². The van der Waals surface area contributed by atoms with Crippen LogP contribution in [0.3, 0.4) is 0 Å². The third-order valence-electron chi connectivity index (χ3n) is 5.16. The van der Waals surface area contributed by atoms with Crippen LogP contribution in [-0.4, -0.2) is 44.2 Å². The summed E-state index contributed by atoms with van der Waals surface area (Å²) >= 11 is 0. The molecule has 3 rings (SSSR count). The van der Waals surface area contributed by atoms with Gasteiger partial charge in [0.25, 0.3) is 0 Å². The van der Waals surface area contributed by atoms with E-state index in [-0.39, 0.29) is 17.8 Å². The van der Waals surface area contributed by atoms with Gasteiger partial charge >= 0.3 is 0 Å². The summed E-state index contributed by atoms with van der Waals surface area (Å²) in [6.07, 6.45) is 2.45. The van der Waals surface area contributed by atoms with Gasteiger partial charge in [0.1, 0.15) is 5.82 Å². The molecule has 5 nitrogen and oxygen atoms in total. The Morgan fingerprint density at radius 1 is 1.18 bits per heavy atom. The lowest BCUT2D eigenvalue weighted by molar-refractivity contribution is -0.125. The molecule has 0 spiro atoms. The molecule has 2 aromatic carbocycles. The Bertz CT molecular complexity index is 812. The zero-order valence-electron chi connectivity index (χ0n) is 16.4. The van der Waals surface area contributed by atoms with E-state index in [0.29, 0.717) is 36.6 Å². The van der Waals surface area contributed by atoms with Gasteiger partial charge in [-0.05, 0) is 49.6 Å². The van der Waals surface area contributed by atoms with Crippen LogP contribution in [0.5, 0.6) is 11.5 Å². The van der Waals surface area contributed by atoms with Crippen LogP contribution in [-0.2, 0) is 17.8 Å². The summed E-state index contributed by atoms with van der Waals surface area (Å²) in [5.41, 5.74) is 1.69. The Morgan fingerprint density at radius 2 is 1.96 bits per heavy atom. The number of rotatable bonds is 8. The second-order valence-electron chi connectivity index (χ2n) is 6.95. The third kappa shape index (κ3) is 4.81. The topological polar surface area (TPSA) is 50.8 Å². The summed E-state index contributed by atoms with van der Waals surface area (Å²) in [5, 5.41) is 3.02. The molecule has 1 heterocycles. The van der Waals surface area contributed by atoms with Crippen molar-refractivity contribution in [2.24, 2.45) is 0 Å². The minimum absolute atomic E-state index is 0.00863. The van der Waals surface area contributed by atoms with Crippen molar-refractivity contribution in [3.63, 3.8) is 0 Å². The number of benzene rings is 2. The lowest BCUT2D eigenvalue weighted by Crippen LogP contribution is -2.43. The Balaban J connectivity index is 1.53. The number of carbonyl (C=O) groups excluding carboxylic acids is 1. The van der Waals surface area contributed by atoms with Gasteiger partial charge in [-0.2, -0.15) is 0 Å². The first-order valence-corrected chi connectivity index (χ1v) is 9.58. The van der Waals surface area contributed by atoms with Crippen LogP contribution in [0.2, 0.25) is 0 Å². The first kappa shape index (κ1) is 20.1. The molecule has 0 bridgehead atoms. The van der Waals surface area contributed by atoms with Gasteiger partial charge in [-0.25, -0.2) is 4.39 Å². The van der Waals surface area contributed by atoms with Crippen LogP contribution in [0.4, 0.5) is 4.39 Å². The van der Waals surface area contributed by atoms with Crippen LogP contribution in [0.25, 0.3) is 0 Å². The highest BCUT2D eigenvalue weighted by molar-refractivity contribution is 5.82. The fourth-order valence-corrected chi connectivity index (χ4v) is 3.64. The normalized spacial score (nSPS) is 16.8. The fraction of sp³-hybridized carbons (Fsp3) is 0.409. The number of nitrogens with one attached hydrogen (secondary N) is 1. The summed E-state index contributed by atoms with van der Waals surface area (Å²) in [7, 11) is 3.21. The highest BCUT2D eigenvalue weighted by Crippen LogP contribution is 2.27. The van der Waals surface area contributed by atoms with Crippen LogP contribution in [0.1, 0.15) is 24.0 Å². The number of nitrogens with zero attached hydrogens (tertiary/aromatic N) is 1. The Morgan fingerprint density at radius 3 is 2.71 bits per heavy atom. The largest absolute Gasteiger partial charge is 0.493 e. The molecule has 1 aliphatic heterocycles. The highest BCUT2D eigenvalue weighted by atomic mass is 19.1. The van der Waals surface area contributed by atoms with E-state index in [1.54, 1.807) is 26.4 Å². The summed E-state index contributed by atoms with van der Waals surface area (Å²) < 4.78 is 24.5. The van der Waals surface area contributed by atoms with E-state index in [1.165, 1.54) is 6.07 Å². The molecule has 1 N–H and O–H groups in total. The molecule has 1 atom stereocenters. The van der Waals surface area contributed by atoms with Gasteiger partial charge < -0.3 is 14.8 Å². The number of halogens is 1. The molecule has 0 radical (unpaired) electrons. The number of carbonyl (C=O) groups is 1. The van der Waals surface area contributed by atoms with Crippen molar-refractivity contribution >= 4 is 5.91 Å². The molecule has 0 aliphatic carbocycles. The van der Waals surface area contributed by atoms with Crippen molar-refractivity contribution in [1.82, 2.24) is 10.2 Å². The summed E-state index contributed by atoms with van der Waals surface area (Å²) in [5.74, 6) is 1.15. The number of hydrogen-bond donors (Lipinski definition) is 1. The number of hydrogen-bond acceptors (Lipinski definition) is 4. The summed E-state index contributed by atoms with van der Waals surface area (Å²) in [6.45, 7) is 1.81. The molecule has 1 saturated heterocycles. The van der Waals surface area contributed by atoms with Crippen molar-refractivity contribution in [1.29, 1.82) is 0 Å². The molecule has 0 saturated carbocycles. The van der Waals surface area contributed by atoms with Crippen molar-refractivity contribution in [3.05, 3.63) is 59.4 Å². The van der Waals surface area contributed by atoms with Gasteiger partial charge in [-0.1, -0.05) is 24.3 Å². The summed E-state index contributed by atoms with van der Waals surface area (Å²) in [4.78, 5) is 14.7. The first-order chi connectivity index (χ1) is 13.6. The number of likely N-dealkylation sites (tertiary alicyclic amines) is 1. The zero-order valence-corrected chi connectivity index (χ0v) is 16.4. The predicted molar refractivity (Wildman–Crippen MR) is 106 cm³/mol. The summed E-state index contributed by atoms with van der Waals surface area (Å²) in [6, 6.07) is 12.3. The number of methoxy groups -OCH3 is 2. The van der Waals surface area contributed by atoms with E-state index < -0.39 is 0 Å². The van der Waals surface area contributed by atoms with Crippen molar-refractivity contribution in [2.45, 2.75) is 31.8 Å². The standard InChI is InChI=1S/C22H27FN2O3/c1-27-20-10-9-16(14-21(20)28-2)11-12-24-22(26)19-8-5-13-25(19)15-17-6-3-4-7-18(17)23/h3-4,6-7,9-10,14,19H,5,8,11-13,15H2,1-2H3,(H,24,26). The fourth-order valence-electron chi connectivity index (χ4n) is 3.64. The maximum Gasteiger partial charge on any atom is 0.237 e. The molecule has 1 aliphatic rings. The van der Waals surface area contributed by atoms with Gasteiger partial charge in [-0.15, -0.1) is 0 Å². The molecule has 28 heavy (non-hydrogen) atoms. The SMILES string of the molecule is COc1ccc(CCNC(=O)C2CCCN2Cc2ccccc2F)cc1OC. The molecule has 1 unspecified atom stereocenters. The molecule has 1 amide bonds. The Kier molecular flexibility index (Phi) is 6.87. The van der Waals surface area contributed by atoms with Crippen molar-refractivity contribution in [2.75, 3.05) is 27.3 Å². The smallest absolute Gasteiger partial charge is 0.237 e. The monoisotopic (exact) mass is 386 g/mol. The van der Waals surface area contributed by atoms with Gasteiger partial charge in [0.15, 0.2) is 11.5 Å². The number of amides is 1. The minimum atomic E-state index is -0.220.